The number of nitrogens with zero attached hydrogens (tertiary/aromatic N) is 1. The molecule has 0 spiro atoms. The topological polar surface area (TPSA) is 40.5 Å². The monoisotopic (exact) mass is 199 g/mol. The van der Waals surface area contributed by atoms with Gasteiger partial charge in [-0.25, -0.2) is 0 Å². The standard InChI is InChI=1S/C11H21NO2/c1-6-12(7-2)10(14)8-9(13)11(3,4)5/h8,13H,6-7H2,1-5H3/b9-8-. The van der Waals surface area contributed by atoms with Gasteiger partial charge in [0.25, 0.3) is 0 Å². The van der Waals surface area contributed by atoms with Crippen molar-refractivity contribution in [2.45, 2.75) is 34.6 Å². The minimum absolute atomic E-state index is 0.123. The molecule has 0 unspecified atom stereocenters. The van der Waals surface area contributed by atoms with E-state index in [0.29, 0.717) is 13.1 Å². The summed E-state index contributed by atoms with van der Waals surface area (Å²) in [6.07, 6.45) is 1.31. The van der Waals surface area contributed by atoms with Crippen molar-refractivity contribution in [2.75, 3.05) is 13.1 Å². The van der Waals surface area contributed by atoms with Gasteiger partial charge in [0.2, 0.25) is 5.91 Å². The van der Waals surface area contributed by atoms with Crippen LogP contribution in [-0.4, -0.2) is 29.0 Å². The number of amides is 1. The Balaban J connectivity index is 4.58. The van der Waals surface area contributed by atoms with Crippen LogP contribution in [0.4, 0.5) is 0 Å². The molecule has 0 aliphatic heterocycles. The summed E-state index contributed by atoms with van der Waals surface area (Å²) < 4.78 is 0. The van der Waals surface area contributed by atoms with Gasteiger partial charge in [0.15, 0.2) is 0 Å². The second kappa shape index (κ2) is 5.03. The summed E-state index contributed by atoms with van der Waals surface area (Å²) in [5, 5.41) is 9.61. The first-order valence-electron chi connectivity index (χ1n) is 5.03. The maximum Gasteiger partial charge on any atom is 0.249 e. The van der Waals surface area contributed by atoms with Gasteiger partial charge in [-0.15, -0.1) is 0 Å². The van der Waals surface area contributed by atoms with E-state index in [1.807, 2.05) is 34.6 Å². The maximum absolute atomic E-state index is 11.6. The molecule has 0 aromatic carbocycles. The van der Waals surface area contributed by atoms with Crippen molar-refractivity contribution in [3.8, 4) is 0 Å². The Labute approximate surface area is 86.4 Å². The van der Waals surface area contributed by atoms with Crippen molar-refractivity contribution in [1.29, 1.82) is 0 Å². The highest BCUT2D eigenvalue weighted by Crippen LogP contribution is 2.22. The SMILES string of the molecule is CCN(CC)C(=O)/C=C(\O)C(C)(C)C. The van der Waals surface area contributed by atoms with E-state index in [9.17, 15) is 9.90 Å². The number of hydrogen-bond donors (Lipinski definition) is 1. The number of carbonyl (C=O) groups is 1. The highest BCUT2D eigenvalue weighted by Gasteiger charge is 2.18. The zero-order chi connectivity index (χ0) is 11.4. The fourth-order valence-electron chi connectivity index (χ4n) is 0.960. The van der Waals surface area contributed by atoms with Crippen LogP contribution in [0.1, 0.15) is 34.6 Å². The van der Waals surface area contributed by atoms with Crippen molar-refractivity contribution in [1.82, 2.24) is 4.90 Å². The van der Waals surface area contributed by atoms with Crippen molar-refractivity contribution in [3.05, 3.63) is 11.8 Å². The Bertz CT molecular complexity index is 222. The lowest BCUT2D eigenvalue weighted by Gasteiger charge is -2.20. The third-order valence-electron chi connectivity index (χ3n) is 2.10. The summed E-state index contributed by atoms with van der Waals surface area (Å²) in [4.78, 5) is 13.2. The van der Waals surface area contributed by atoms with E-state index in [0.717, 1.165) is 0 Å². The summed E-state index contributed by atoms with van der Waals surface area (Å²) in [6, 6.07) is 0. The van der Waals surface area contributed by atoms with Crippen LogP contribution in [0.5, 0.6) is 0 Å². The van der Waals surface area contributed by atoms with E-state index >= 15 is 0 Å². The van der Waals surface area contributed by atoms with Gasteiger partial charge in [-0.05, 0) is 13.8 Å². The lowest BCUT2D eigenvalue weighted by molar-refractivity contribution is -0.125. The molecule has 0 heterocycles. The molecule has 0 aromatic heterocycles. The Morgan fingerprint density at radius 3 is 2.00 bits per heavy atom. The molecule has 3 heteroatoms. The van der Waals surface area contributed by atoms with Crippen molar-refractivity contribution < 1.29 is 9.90 Å². The van der Waals surface area contributed by atoms with Gasteiger partial charge < -0.3 is 10.0 Å². The Morgan fingerprint density at radius 1 is 1.29 bits per heavy atom. The van der Waals surface area contributed by atoms with Gasteiger partial charge in [-0.2, -0.15) is 0 Å². The van der Waals surface area contributed by atoms with Crippen LogP contribution >= 0.6 is 0 Å². The Kier molecular flexibility index (Phi) is 4.68. The fraction of sp³-hybridized carbons (Fsp3) is 0.727. The second-order valence-corrected chi connectivity index (χ2v) is 4.29. The summed E-state index contributed by atoms with van der Waals surface area (Å²) in [5.41, 5.74) is -0.358. The molecular weight excluding hydrogens is 178 g/mol. The van der Waals surface area contributed by atoms with Crippen LogP contribution in [0.25, 0.3) is 0 Å². The van der Waals surface area contributed by atoms with Gasteiger partial charge in [0.05, 0.1) is 0 Å². The van der Waals surface area contributed by atoms with Gasteiger partial charge in [0, 0.05) is 24.6 Å². The highest BCUT2D eigenvalue weighted by molar-refractivity contribution is 5.88. The van der Waals surface area contributed by atoms with Gasteiger partial charge in [-0.3, -0.25) is 4.79 Å². The zero-order valence-electron chi connectivity index (χ0n) is 9.79. The minimum atomic E-state index is -0.358. The molecule has 0 aromatic rings. The van der Waals surface area contributed by atoms with Crippen LogP contribution < -0.4 is 0 Å². The first-order valence-corrected chi connectivity index (χ1v) is 5.03. The molecule has 0 radical (unpaired) electrons. The number of allylic oxidation sites excluding steroid dienone is 1. The maximum atomic E-state index is 11.6. The van der Waals surface area contributed by atoms with Crippen LogP contribution in [0.2, 0.25) is 0 Å². The number of rotatable bonds is 3. The number of carbonyl (C=O) groups excluding carboxylic acids is 1. The van der Waals surface area contributed by atoms with Crippen molar-refractivity contribution in [2.24, 2.45) is 5.41 Å². The minimum Gasteiger partial charge on any atom is -0.512 e. The predicted octanol–water partition coefficient (Wildman–Crippen LogP) is 2.34. The molecule has 0 saturated heterocycles. The molecule has 0 aliphatic carbocycles. The molecule has 14 heavy (non-hydrogen) atoms. The fourth-order valence-corrected chi connectivity index (χ4v) is 0.960. The molecule has 82 valence electrons. The van der Waals surface area contributed by atoms with Crippen LogP contribution in [-0.2, 0) is 4.79 Å². The first-order chi connectivity index (χ1) is 6.32. The number of aliphatic hydroxyl groups is 1. The average molecular weight is 199 g/mol. The van der Waals surface area contributed by atoms with Gasteiger partial charge >= 0.3 is 0 Å². The molecule has 0 atom stereocenters. The van der Waals surface area contributed by atoms with Crippen molar-refractivity contribution in [3.63, 3.8) is 0 Å². The Morgan fingerprint density at radius 2 is 1.71 bits per heavy atom. The van der Waals surface area contributed by atoms with E-state index in [1.54, 1.807) is 4.90 Å². The Hall–Kier alpha value is -0.990. The molecule has 3 nitrogen and oxygen atoms in total. The van der Waals surface area contributed by atoms with Gasteiger partial charge in [0.1, 0.15) is 5.76 Å². The van der Waals surface area contributed by atoms with Gasteiger partial charge in [-0.1, -0.05) is 20.8 Å². The molecule has 1 amide bonds. The molecule has 0 bridgehead atoms. The molecule has 0 aliphatic rings. The van der Waals surface area contributed by atoms with E-state index in [4.69, 9.17) is 0 Å². The average Bonchev–Trinajstić information content (AvgIpc) is 2.04. The first kappa shape index (κ1) is 13.0. The highest BCUT2D eigenvalue weighted by atomic mass is 16.3. The number of aliphatic hydroxyl groups excluding tert-OH is 1. The summed E-state index contributed by atoms with van der Waals surface area (Å²) in [6.45, 7) is 10.8. The molecule has 0 rings (SSSR count). The summed E-state index contributed by atoms with van der Waals surface area (Å²) in [7, 11) is 0. The van der Waals surface area contributed by atoms with Crippen LogP contribution in [0.3, 0.4) is 0 Å². The summed E-state index contributed by atoms with van der Waals surface area (Å²) >= 11 is 0. The zero-order valence-corrected chi connectivity index (χ0v) is 9.79. The smallest absolute Gasteiger partial charge is 0.249 e. The largest absolute Gasteiger partial charge is 0.512 e. The second-order valence-electron chi connectivity index (χ2n) is 4.29. The molecule has 0 saturated carbocycles. The van der Waals surface area contributed by atoms with Crippen LogP contribution in [0, 0.1) is 5.41 Å². The van der Waals surface area contributed by atoms with E-state index in [-0.39, 0.29) is 17.1 Å². The molecule has 0 fully saturated rings. The van der Waals surface area contributed by atoms with Crippen LogP contribution in [0.15, 0.2) is 11.8 Å². The van der Waals surface area contributed by atoms with E-state index < -0.39 is 0 Å². The molecule has 1 N–H and O–H groups in total. The van der Waals surface area contributed by atoms with E-state index in [2.05, 4.69) is 0 Å². The molecular formula is C11H21NO2. The lowest BCUT2D eigenvalue weighted by Crippen LogP contribution is -2.29. The normalized spacial score (nSPS) is 12.8. The lowest BCUT2D eigenvalue weighted by atomic mass is 9.93. The third kappa shape index (κ3) is 3.81. The quantitative estimate of drug-likeness (QED) is 0.560. The summed E-state index contributed by atoms with van der Waals surface area (Å²) in [5.74, 6) is 0.0109. The number of likely N-dealkylation sites (N-methyl/N-ethyl adjacent to an activating group) is 1. The number of hydrogen-bond acceptors (Lipinski definition) is 2. The third-order valence-corrected chi connectivity index (χ3v) is 2.10. The van der Waals surface area contributed by atoms with Crippen molar-refractivity contribution >= 4 is 5.91 Å². The predicted molar refractivity (Wildman–Crippen MR) is 58.1 cm³/mol. The van der Waals surface area contributed by atoms with E-state index in [1.165, 1.54) is 6.08 Å².